The van der Waals surface area contributed by atoms with Crippen molar-refractivity contribution in [2.24, 2.45) is 11.8 Å². The maximum absolute atomic E-state index is 13.1. The summed E-state index contributed by atoms with van der Waals surface area (Å²) in [4.78, 5) is 72.9. The van der Waals surface area contributed by atoms with Crippen molar-refractivity contribution in [1.82, 2.24) is 0 Å². The fourth-order valence-corrected chi connectivity index (χ4v) is 13.2. The summed E-state index contributed by atoms with van der Waals surface area (Å²) in [6.45, 7) is 9.57. The lowest BCUT2D eigenvalue weighted by Crippen LogP contribution is -2.30. The van der Waals surface area contributed by atoms with Crippen molar-refractivity contribution >= 4 is 39.5 Å². The van der Waals surface area contributed by atoms with E-state index < -0.39 is 97.5 Å². The van der Waals surface area contributed by atoms with Crippen LogP contribution in [0.4, 0.5) is 0 Å². The van der Waals surface area contributed by atoms with Gasteiger partial charge in [0.1, 0.15) is 19.3 Å². The highest BCUT2D eigenvalue weighted by molar-refractivity contribution is 7.47. The Morgan fingerprint density at radius 1 is 0.316 bits per heavy atom. The van der Waals surface area contributed by atoms with E-state index in [1.807, 2.05) is 0 Å². The first-order valence-electron chi connectivity index (χ1n) is 40.3. The quantitative estimate of drug-likeness (QED) is 0.0169. The van der Waals surface area contributed by atoms with Crippen LogP contribution >= 0.6 is 15.6 Å². The normalized spacial score (nSPS) is 14.1. The Bertz CT molecular complexity index is 1980. The molecule has 0 aliphatic carbocycles. The monoisotopic (exact) mass is 1430 g/mol. The summed E-state index contributed by atoms with van der Waals surface area (Å²) < 4.78 is 68.6. The summed E-state index contributed by atoms with van der Waals surface area (Å²) >= 11 is 0. The number of carbonyl (C=O) groups is 4. The summed E-state index contributed by atoms with van der Waals surface area (Å²) in [7, 11) is -9.93. The summed E-state index contributed by atoms with van der Waals surface area (Å²) in [5.41, 5.74) is 0. The number of hydrogen-bond acceptors (Lipinski definition) is 15. The maximum Gasteiger partial charge on any atom is 0.472 e. The van der Waals surface area contributed by atoms with Crippen molar-refractivity contribution in [2.75, 3.05) is 39.6 Å². The van der Waals surface area contributed by atoms with Crippen molar-refractivity contribution in [3.8, 4) is 0 Å². The number of ether oxygens (including phenoxy) is 4. The number of aliphatic hydroxyl groups excluding tert-OH is 1. The van der Waals surface area contributed by atoms with Crippen LogP contribution in [0.15, 0.2) is 24.3 Å². The molecule has 19 heteroatoms. The Kier molecular flexibility index (Phi) is 68.5. The summed E-state index contributed by atoms with van der Waals surface area (Å²) in [5, 5.41) is 10.6. The average molecular weight is 1430 g/mol. The van der Waals surface area contributed by atoms with E-state index in [0.717, 1.165) is 121 Å². The number of allylic oxidation sites excluding steroid dienone is 4. The molecule has 0 radical (unpaired) electrons. The highest BCUT2D eigenvalue weighted by atomic mass is 31.2. The molecule has 98 heavy (non-hydrogen) atoms. The van der Waals surface area contributed by atoms with Gasteiger partial charge < -0.3 is 33.8 Å². The van der Waals surface area contributed by atoms with Crippen LogP contribution in [0.1, 0.15) is 388 Å². The van der Waals surface area contributed by atoms with Gasteiger partial charge in [-0.15, -0.1) is 0 Å². The SMILES string of the molecule is CCCCCC/C=C\C=C/CCCCCCCC(=O)OC[C@H](COP(=O)(O)OC[C@@H](O)COP(=O)(O)OC[C@@H](COC(=O)CCCCCCCCCCC)OC(=O)CCCCCCCCCCCCCCC(C)C)OC(=O)CCCCCCCCCCCCCCCCCCC(C)C. The smallest absolute Gasteiger partial charge is 0.462 e. The van der Waals surface area contributed by atoms with Gasteiger partial charge >= 0.3 is 39.5 Å². The first-order chi connectivity index (χ1) is 47.4. The number of phosphoric ester groups is 2. The van der Waals surface area contributed by atoms with E-state index in [-0.39, 0.29) is 25.7 Å². The van der Waals surface area contributed by atoms with Crippen molar-refractivity contribution in [1.29, 1.82) is 0 Å². The molecular weight excluding hydrogens is 1280 g/mol. The van der Waals surface area contributed by atoms with Gasteiger partial charge in [0.25, 0.3) is 0 Å². The zero-order valence-electron chi connectivity index (χ0n) is 63.6. The second-order valence-corrected chi connectivity index (χ2v) is 31.6. The molecule has 0 spiro atoms. The van der Waals surface area contributed by atoms with Gasteiger partial charge in [-0.3, -0.25) is 37.3 Å². The Morgan fingerprint density at radius 3 is 0.837 bits per heavy atom. The first kappa shape index (κ1) is 95.5. The second kappa shape index (κ2) is 70.2. The molecule has 0 saturated heterocycles. The number of rotatable bonds is 76. The van der Waals surface area contributed by atoms with E-state index in [2.05, 4.69) is 65.8 Å². The number of unbranched alkanes of at least 4 members (excludes halogenated alkanes) is 43. The molecule has 3 N–H and O–H groups in total. The van der Waals surface area contributed by atoms with Gasteiger partial charge in [0.05, 0.1) is 26.4 Å². The summed E-state index contributed by atoms with van der Waals surface area (Å²) in [6.07, 6.45) is 61.8. The topological polar surface area (TPSA) is 237 Å². The van der Waals surface area contributed by atoms with E-state index in [1.165, 1.54) is 186 Å². The minimum Gasteiger partial charge on any atom is -0.462 e. The van der Waals surface area contributed by atoms with Gasteiger partial charge in [0.15, 0.2) is 12.2 Å². The van der Waals surface area contributed by atoms with Crippen molar-refractivity contribution in [3.05, 3.63) is 24.3 Å². The van der Waals surface area contributed by atoms with E-state index in [1.54, 1.807) is 0 Å². The third kappa shape index (κ3) is 71.9. The minimum atomic E-state index is -4.97. The molecule has 2 unspecified atom stereocenters. The minimum absolute atomic E-state index is 0.101. The highest BCUT2D eigenvalue weighted by Crippen LogP contribution is 2.45. The molecular formula is C79H150O17P2. The molecule has 0 aromatic rings. The molecule has 0 aromatic carbocycles. The fraction of sp³-hybridized carbons (Fsp3) is 0.899. The summed E-state index contributed by atoms with van der Waals surface area (Å²) in [6, 6.07) is 0. The van der Waals surface area contributed by atoms with Gasteiger partial charge in [-0.25, -0.2) is 9.13 Å². The molecule has 0 aliphatic rings. The number of hydrogen-bond donors (Lipinski definition) is 3. The number of carbonyl (C=O) groups excluding carboxylic acids is 4. The van der Waals surface area contributed by atoms with E-state index in [9.17, 15) is 43.2 Å². The van der Waals surface area contributed by atoms with Crippen LogP contribution in [0.5, 0.6) is 0 Å². The van der Waals surface area contributed by atoms with Crippen molar-refractivity contribution in [3.63, 3.8) is 0 Å². The van der Waals surface area contributed by atoms with Crippen LogP contribution in [0.3, 0.4) is 0 Å². The van der Waals surface area contributed by atoms with Crippen molar-refractivity contribution in [2.45, 2.75) is 407 Å². The van der Waals surface area contributed by atoms with E-state index >= 15 is 0 Å². The van der Waals surface area contributed by atoms with Crippen LogP contribution in [0.2, 0.25) is 0 Å². The number of aliphatic hydroxyl groups is 1. The average Bonchev–Trinajstić information content (AvgIpc) is 1.09. The predicted molar refractivity (Wildman–Crippen MR) is 400 cm³/mol. The van der Waals surface area contributed by atoms with Gasteiger partial charge in [-0.2, -0.15) is 0 Å². The molecule has 0 saturated carbocycles. The van der Waals surface area contributed by atoms with Crippen LogP contribution in [0, 0.1) is 11.8 Å². The molecule has 0 fully saturated rings. The zero-order valence-corrected chi connectivity index (χ0v) is 65.4. The highest BCUT2D eigenvalue weighted by Gasteiger charge is 2.30. The van der Waals surface area contributed by atoms with Crippen LogP contribution in [0.25, 0.3) is 0 Å². The van der Waals surface area contributed by atoms with Crippen LogP contribution in [-0.2, 0) is 65.4 Å². The molecule has 17 nitrogen and oxygen atoms in total. The Morgan fingerprint density at radius 2 is 0.551 bits per heavy atom. The Balaban J connectivity index is 5.26. The molecule has 5 atom stereocenters. The molecule has 0 heterocycles. The lowest BCUT2D eigenvalue weighted by Gasteiger charge is -2.21. The Labute approximate surface area is 599 Å². The largest absolute Gasteiger partial charge is 0.472 e. The maximum atomic E-state index is 13.1. The Hall–Kier alpha value is -2.46. The summed E-state index contributed by atoms with van der Waals surface area (Å²) in [5.74, 6) is -0.560. The zero-order chi connectivity index (χ0) is 72.1. The third-order valence-electron chi connectivity index (χ3n) is 17.8. The molecule has 0 amide bonds. The number of phosphoric acid groups is 2. The molecule has 0 rings (SSSR count). The van der Waals surface area contributed by atoms with E-state index in [0.29, 0.717) is 25.7 Å². The van der Waals surface area contributed by atoms with E-state index in [4.69, 9.17) is 37.0 Å². The molecule has 0 bridgehead atoms. The first-order valence-corrected chi connectivity index (χ1v) is 43.3. The molecule has 0 aromatic heterocycles. The standard InChI is InChI=1S/C79H150O17P2/c1-7-9-11-13-15-17-18-19-22-26-32-38-44-50-56-62-77(82)90-68-75(96-78(83)63-57-51-45-39-33-27-24-21-20-23-25-30-36-41-47-53-59-71(3)4)70-94-98(87,88)92-66-73(80)65-91-97(85,86)93-69-74(67-89-76(81)61-55-49-43-35-16-14-12-10-8-2)95-79(84)64-58-52-46-40-34-29-28-31-37-42-48-54-60-72(5)6/h17-19,22,71-75,80H,7-16,20-21,23-70H2,1-6H3,(H,85,86)(H,87,88)/b18-17-,22-19-/t73-,74+,75+/m0/s1. The van der Waals surface area contributed by atoms with Gasteiger partial charge in [0, 0.05) is 25.7 Å². The third-order valence-corrected chi connectivity index (χ3v) is 19.7. The fourth-order valence-electron chi connectivity index (χ4n) is 11.6. The van der Waals surface area contributed by atoms with Crippen molar-refractivity contribution < 1.29 is 80.2 Å². The molecule has 578 valence electrons. The van der Waals surface area contributed by atoms with Gasteiger partial charge in [-0.05, 0) is 63.2 Å². The predicted octanol–water partition coefficient (Wildman–Crippen LogP) is 23.1. The molecule has 0 aliphatic heterocycles. The second-order valence-electron chi connectivity index (χ2n) is 28.7. The lowest BCUT2D eigenvalue weighted by molar-refractivity contribution is -0.161. The van der Waals surface area contributed by atoms with Gasteiger partial charge in [0.2, 0.25) is 0 Å². The van der Waals surface area contributed by atoms with Gasteiger partial charge in [-0.1, -0.05) is 336 Å². The number of esters is 4. The van der Waals surface area contributed by atoms with Crippen LogP contribution < -0.4 is 0 Å². The van der Waals surface area contributed by atoms with Crippen LogP contribution in [-0.4, -0.2) is 96.7 Å². The lowest BCUT2D eigenvalue weighted by atomic mass is 10.0.